The van der Waals surface area contributed by atoms with E-state index in [0.29, 0.717) is 0 Å². The first-order chi connectivity index (χ1) is 11.9. The molecule has 0 saturated carbocycles. The van der Waals surface area contributed by atoms with Gasteiger partial charge in [0.15, 0.2) is 0 Å². The molecule has 0 radical (unpaired) electrons. The number of hydrogen-bond donors (Lipinski definition) is 2. The molecule has 0 fully saturated rings. The van der Waals surface area contributed by atoms with E-state index in [1.165, 1.54) is 58.9 Å². The van der Waals surface area contributed by atoms with Crippen LogP contribution < -0.4 is 0 Å². The Balaban J connectivity index is 4.90. The summed E-state index contributed by atoms with van der Waals surface area (Å²) in [5, 5.41) is 20.2. The number of carbonyl (C=O) groups is 1. The van der Waals surface area contributed by atoms with Crippen LogP contribution in [0, 0.1) is 0 Å². The van der Waals surface area contributed by atoms with Crippen LogP contribution in [0.3, 0.4) is 0 Å². The number of hydrogen-bond acceptors (Lipinski definition) is 4. The number of rotatable bonds is 15. The minimum absolute atomic E-state index is 0.0582. The predicted molar refractivity (Wildman–Crippen MR) is 107 cm³/mol. The summed E-state index contributed by atoms with van der Waals surface area (Å²) >= 11 is -2.38. The Bertz CT molecular complexity index is 349. The van der Waals surface area contributed by atoms with Crippen molar-refractivity contribution in [1.82, 2.24) is 0 Å². The van der Waals surface area contributed by atoms with Gasteiger partial charge in [0.05, 0.1) is 0 Å². The quantitative estimate of drug-likeness (QED) is 0.275. The Labute approximate surface area is 158 Å². The van der Waals surface area contributed by atoms with Gasteiger partial charge in [0.25, 0.3) is 0 Å². The van der Waals surface area contributed by atoms with Gasteiger partial charge in [-0.25, -0.2) is 0 Å². The van der Waals surface area contributed by atoms with E-state index in [-0.39, 0.29) is 12.8 Å². The normalized spacial score (nSPS) is 14.6. The van der Waals surface area contributed by atoms with Crippen LogP contribution in [0.25, 0.3) is 0 Å². The average molecular weight is 463 g/mol. The van der Waals surface area contributed by atoms with Crippen LogP contribution in [0.5, 0.6) is 0 Å². The summed E-state index contributed by atoms with van der Waals surface area (Å²) in [6, 6.07) is 0. The number of ether oxygens (including phenoxy) is 1. The molecule has 0 aliphatic rings. The van der Waals surface area contributed by atoms with Gasteiger partial charge in [-0.05, 0) is 0 Å². The molecule has 0 saturated heterocycles. The van der Waals surface area contributed by atoms with Crippen LogP contribution in [0.1, 0.15) is 72.1 Å². The van der Waals surface area contributed by atoms with E-state index in [9.17, 15) is 15.0 Å². The summed E-state index contributed by atoms with van der Waals surface area (Å²) in [4.78, 5) is 11.2. The Morgan fingerprint density at radius 3 is 1.88 bits per heavy atom. The maximum atomic E-state index is 11.2. The van der Waals surface area contributed by atoms with Gasteiger partial charge in [-0.3, -0.25) is 0 Å². The fourth-order valence-electron chi connectivity index (χ4n) is 3.24. The van der Waals surface area contributed by atoms with Crippen molar-refractivity contribution in [3.63, 3.8) is 0 Å². The van der Waals surface area contributed by atoms with Crippen LogP contribution >= 0.6 is 0 Å². The first kappa shape index (κ1) is 24.9. The van der Waals surface area contributed by atoms with Crippen molar-refractivity contribution >= 4 is 24.3 Å². The molecule has 0 aliphatic carbocycles. The molecule has 0 bridgehead atoms. The zero-order chi connectivity index (χ0) is 19.1. The molecule has 5 heteroatoms. The van der Waals surface area contributed by atoms with Crippen LogP contribution in [0.15, 0.2) is 10.2 Å². The fourth-order valence-corrected chi connectivity index (χ4v) is 17.7. The number of unbranched alkanes of at least 4 members (excludes halogenated alkanes) is 3. The van der Waals surface area contributed by atoms with E-state index < -0.39 is 36.6 Å². The van der Waals surface area contributed by atoms with Gasteiger partial charge >= 0.3 is 159 Å². The molecule has 2 unspecified atom stereocenters. The number of carbonyl (C=O) groups excluding carboxylic acids is 1. The van der Waals surface area contributed by atoms with Gasteiger partial charge in [-0.15, -0.1) is 0 Å². The van der Waals surface area contributed by atoms with E-state index >= 15 is 0 Å². The van der Waals surface area contributed by atoms with Crippen molar-refractivity contribution in [2.24, 2.45) is 0 Å². The summed E-state index contributed by atoms with van der Waals surface area (Å²) in [7, 11) is 1.31. The average Bonchev–Trinajstić information content (AvgIpc) is 2.60. The van der Waals surface area contributed by atoms with Gasteiger partial charge in [-0.1, -0.05) is 0 Å². The van der Waals surface area contributed by atoms with E-state index in [2.05, 4.69) is 29.6 Å². The van der Waals surface area contributed by atoms with Crippen LogP contribution in [-0.4, -0.2) is 53.9 Å². The van der Waals surface area contributed by atoms with E-state index in [0.717, 1.165) is 0 Å². The molecule has 0 heterocycles. The molecule has 148 valence electrons. The number of esters is 1. The SMILES string of the molecule is CCC[CH2][Sn](/[CH]=C/C(O)CC(O)CC(=O)OC)([CH2]CCC)[CH2]CCC. The molecule has 0 spiro atoms. The van der Waals surface area contributed by atoms with E-state index in [1.54, 1.807) is 0 Å². The standard InChI is InChI=1S/C8H13O4.3C4H9.Sn/c1-3-6(9)4-7(10)5-8(11)12-2;3*1-3-4-2;/h1,3,6-7,9-10H,4-5H2,2H3;3*1,3-4H2,2H3;. The minimum atomic E-state index is -2.38. The number of aliphatic hydroxyl groups excluding tert-OH is 2. The summed E-state index contributed by atoms with van der Waals surface area (Å²) in [5.41, 5.74) is 0. The first-order valence-corrected chi connectivity index (χ1v) is 17.8. The van der Waals surface area contributed by atoms with Crippen molar-refractivity contribution in [2.75, 3.05) is 7.11 Å². The molecule has 0 amide bonds. The van der Waals surface area contributed by atoms with Gasteiger partial charge in [0.2, 0.25) is 0 Å². The van der Waals surface area contributed by atoms with E-state index in [1.807, 2.05) is 6.08 Å². The molecule has 2 atom stereocenters. The monoisotopic (exact) mass is 464 g/mol. The number of aliphatic hydroxyl groups is 2. The molecule has 0 aromatic rings. The molecule has 0 aliphatic heterocycles. The Morgan fingerprint density at radius 2 is 1.48 bits per heavy atom. The Morgan fingerprint density at radius 1 is 1.00 bits per heavy atom. The molecule has 25 heavy (non-hydrogen) atoms. The third-order valence-corrected chi connectivity index (χ3v) is 19.0. The van der Waals surface area contributed by atoms with Gasteiger partial charge < -0.3 is 0 Å². The van der Waals surface area contributed by atoms with Gasteiger partial charge in [0.1, 0.15) is 0 Å². The molecule has 0 aromatic carbocycles. The molecule has 2 N–H and O–H groups in total. The zero-order valence-corrected chi connectivity index (χ0v) is 19.7. The van der Waals surface area contributed by atoms with Crippen molar-refractivity contribution in [2.45, 2.75) is 97.7 Å². The summed E-state index contributed by atoms with van der Waals surface area (Å²) in [6.45, 7) is 6.74. The van der Waals surface area contributed by atoms with Crippen LogP contribution in [0.4, 0.5) is 0 Å². The third-order valence-electron chi connectivity index (χ3n) is 4.90. The second-order valence-corrected chi connectivity index (χ2v) is 20.3. The second kappa shape index (κ2) is 15.0. The Kier molecular flexibility index (Phi) is 15.0. The molecule has 0 rings (SSSR count). The summed E-state index contributed by atoms with van der Waals surface area (Å²) < 4.78 is 11.0. The first-order valence-electron chi connectivity index (χ1n) is 10.0. The summed E-state index contributed by atoms with van der Waals surface area (Å²) in [5.74, 6) is -0.439. The van der Waals surface area contributed by atoms with Crippen molar-refractivity contribution in [1.29, 1.82) is 0 Å². The van der Waals surface area contributed by atoms with Gasteiger partial charge in [-0.2, -0.15) is 0 Å². The maximum absolute atomic E-state index is 11.2. The van der Waals surface area contributed by atoms with E-state index in [4.69, 9.17) is 0 Å². The zero-order valence-electron chi connectivity index (χ0n) is 16.8. The van der Waals surface area contributed by atoms with Crippen molar-refractivity contribution in [3.05, 3.63) is 10.2 Å². The van der Waals surface area contributed by atoms with Gasteiger partial charge in [0, 0.05) is 0 Å². The second-order valence-electron chi connectivity index (χ2n) is 7.27. The topological polar surface area (TPSA) is 66.8 Å². The van der Waals surface area contributed by atoms with Crippen molar-refractivity contribution < 1.29 is 19.7 Å². The molecule has 4 nitrogen and oxygen atoms in total. The van der Waals surface area contributed by atoms with Crippen LogP contribution in [0.2, 0.25) is 13.3 Å². The number of methoxy groups -OCH3 is 1. The van der Waals surface area contributed by atoms with Crippen LogP contribution in [-0.2, 0) is 9.53 Å². The third kappa shape index (κ3) is 12.0. The Hall–Kier alpha value is -0.0713. The molecule has 0 aromatic heterocycles. The molecular weight excluding hydrogens is 423 g/mol. The summed E-state index contributed by atoms with van der Waals surface area (Å²) in [6.07, 6.45) is 8.08. The predicted octanol–water partition coefficient (Wildman–Crippen LogP) is 4.61. The van der Waals surface area contributed by atoms with Crippen molar-refractivity contribution in [3.8, 4) is 0 Å². The molecular formula is C20H40O4Sn. The fraction of sp³-hybridized carbons (Fsp3) is 0.850.